The number of carbonyl (C=O) groups excluding carboxylic acids is 2. The Kier molecular flexibility index (Phi) is 7.84. The third-order valence-corrected chi connectivity index (χ3v) is 5.70. The molecular weight excluding hydrogens is 404 g/mol. The van der Waals surface area contributed by atoms with Crippen molar-refractivity contribution < 1.29 is 19.4 Å². The van der Waals surface area contributed by atoms with Gasteiger partial charge in [-0.3, -0.25) is 9.59 Å². The molecule has 1 aliphatic rings. The van der Waals surface area contributed by atoms with Crippen LogP contribution >= 0.6 is 0 Å². The van der Waals surface area contributed by atoms with Gasteiger partial charge in [0.25, 0.3) is 11.7 Å². The minimum absolute atomic E-state index is 0.112. The van der Waals surface area contributed by atoms with Crippen LogP contribution in [0.25, 0.3) is 5.76 Å². The van der Waals surface area contributed by atoms with E-state index < -0.39 is 17.7 Å². The van der Waals surface area contributed by atoms with Gasteiger partial charge in [0.2, 0.25) is 0 Å². The van der Waals surface area contributed by atoms with Crippen LogP contribution in [0.3, 0.4) is 0 Å². The van der Waals surface area contributed by atoms with E-state index in [0.29, 0.717) is 31.0 Å². The van der Waals surface area contributed by atoms with E-state index in [0.717, 1.165) is 18.7 Å². The van der Waals surface area contributed by atoms with Gasteiger partial charge in [-0.05, 0) is 42.9 Å². The highest BCUT2D eigenvalue weighted by atomic mass is 16.5. The number of likely N-dealkylation sites (N-methyl/N-ethyl adjacent to an activating group) is 1. The topological polar surface area (TPSA) is 70.1 Å². The number of nitrogens with zero attached hydrogens (tertiary/aromatic N) is 2. The highest BCUT2D eigenvalue weighted by Gasteiger charge is 2.45. The normalized spacial score (nSPS) is 17.7. The lowest BCUT2D eigenvalue weighted by Gasteiger charge is -2.28. The maximum absolute atomic E-state index is 13.0. The first-order valence-electron chi connectivity index (χ1n) is 10.9. The summed E-state index contributed by atoms with van der Waals surface area (Å²) in [5.74, 6) is -0.806. The number of ether oxygens (including phenoxy) is 1. The summed E-state index contributed by atoms with van der Waals surface area (Å²) in [5.41, 5.74) is 1.36. The van der Waals surface area contributed by atoms with Gasteiger partial charge in [0.05, 0.1) is 11.6 Å². The van der Waals surface area contributed by atoms with Gasteiger partial charge >= 0.3 is 0 Å². The number of benzene rings is 2. The Morgan fingerprint density at radius 1 is 1.09 bits per heavy atom. The molecule has 6 heteroatoms. The Balaban J connectivity index is 2.00. The van der Waals surface area contributed by atoms with Crippen molar-refractivity contribution in [2.75, 3.05) is 32.8 Å². The van der Waals surface area contributed by atoms with E-state index in [1.54, 1.807) is 35.2 Å². The molecule has 1 fully saturated rings. The van der Waals surface area contributed by atoms with Crippen LogP contribution in [0.2, 0.25) is 0 Å². The monoisotopic (exact) mass is 434 g/mol. The lowest BCUT2D eigenvalue weighted by Crippen LogP contribution is -2.38. The molecule has 0 aliphatic carbocycles. The van der Waals surface area contributed by atoms with Gasteiger partial charge in [0, 0.05) is 18.7 Å². The molecule has 0 spiro atoms. The summed E-state index contributed by atoms with van der Waals surface area (Å²) in [6.45, 7) is 10.9. The maximum atomic E-state index is 13.0. The lowest BCUT2D eigenvalue weighted by molar-refractivity contribution is -0.140. The van der Waals surface area contributed by atoms with Crippen molar-refractivity contribution in [3.05, 3.63) is 84.0 Å². The fourth-order valence-electron chi connectivity index (χ4n) is 3.90. The van der Waals surface area contributed by atoms with Gasteiger partial charge in [0.15, 0.2) is 0 Å². The average Bonchev–Trinajstić information content (AvgIpc) is 3.08. The number of hydrogen-bond donors (Lipinski definition) is 1. The van der Waals surface area contributed by atoms with Gasteiger partial charge in [-0.25, -0.2) is 0 Å². The van der Waals surface area contributed by atoms with Crippen molar-refractivity contribution in [1.82, 2.24) is 9.80 Å². The molecule has 32 heavy (non-hydrogen) atoms. The molecule has 1 aliphatic heterocycles. The average molecular weight is 435 g/mol. The summed E-state index contributed by atoms with van der Waals surface area (Å²) in [7, 11) is 0. The first kappa shape index (κ1) is 23.3. The van der Waals surface area contributed by atoms with E-state index in [-0.39, 0.29) is 11.3 Å². The number of amides is 1. The zero-order valence-electron chi connectivity index (χ0n) is 18.7. The number of rotatable bonds is 10. The summed E-state index contributed by atoms with van der Waals surface area (Å²) < 4.78 is 5.49. The first-order chi connectivity index (χ1) is 15.5. The molecule has 1 amide bonds. The number of ketones is 1. The molecule has 0 saturated carbocycles. The van der Waals surface area contributed by atoms with E-state index in [4.69, 9.17) is 4.74 Å². The van der Waals surface area contributed by atoms with Crippen LogP contribution in [-0.2, 0) is 9.59 Å². The second-order valence-electron chi connectivity index (χ2n) is 7.55. The van der Waals surface area contributed by atoms with E-state index in [1.165, 1.54) is 0 Å². The van der Waals surface area contributed by atoms with Crippen LogP contribution in [-0.4, -0.2) is 59.4 Å². The Hall–Kier alpha value is -3.38. The maximum Gasteiger partial charge on any atom is 0.295 e. The van der Waals surface area contributed by atoms with Crippen molar-refractivity contribution in [3.8, 4) is 5.75 Å². The lowest BCUT2D eigenvalue weighted by atomic mass is 9.95. The zero-order chi connectivity index (χ0) is 23.1. The van der Waals surface area contributed by atoms with Gasteiger partial charge in [-0.2, -0.15) is 0 Å². The van der Waals surface area contributed by atoms with Crippen molar-refractivity contribution in [2.45, 2.75) is 19.9 Å². The Labute approximate surface area is 189 Å². The second kappa shape index (κ2) is 10.8. The van der Waals surface area contributed by atoms with Crippen LogP contribution in [0, 0.1) is 0 Å². The molecule has 2 aromatic rings. The summed E-state index contributed by atoms with van der Waals surface area (Å²) in [6.07, 6.45) is 1.65. The van der Waals surface area contributed by atoms with Crippen LogP contribution in [0.1, 0.15) is 31.0 Å². The smallest absolute Gasteiger partial charge is 0.295 e. The van der Waals surface area contributed by atoms with Crippen molar-refractivity contribution in [1.29, 1.82) is 0 Å². The number of carbonyl (C=O) groups is 2. The summed E-state index contributed by atoms with van der Waals surface area (Å²) in [4.78, 5) is 29.8. The molecule has 0 radical (unpaired) electrons. The van der Waals surface area contributed by atoms with Gasteiger partial charge < -0.3 is 19.6 Å². The zero-order valence-corrected chi connectivity index (χ0v) is 18.7. The van der Waals surface area contributed by atoms with E-state index >= 15 is 0 Å². The Morgan fingerprint density at radius 2 is 1.75 bits per heavy atom. The summed E-state index contributed by atoms with van der Waals surface area (Å²) in [6, 6.07) is 15.5. The van der Waals surface area contributed by atoms with Crippen LogP contribution < -0.4 is 4.74 Å². The Morgan fingerprint density at radius 3 is 2.34 bits per heavy atom. The number of aliphatic hydroxyl groups excluding tert-OH is 1. The molecule has 0 bridgehead atoms. The van der Waals surface area contributed by atoms with Gasteiger partial charge in [-0.15, -0.1) is 0 Å². The molecule has 1 atom stereocenters. The fourth-order valence-corrected chi connectivity index (χ4v) is 3.90. The molecule has 1 N–H and O–H groups in total. The van der Waals surface area contributed by atoms with Crippen LogP contribution in [0.15, 0.2) is 72.8 Å². The molecular formula is C26H30N2O4. The number of hydrogen-bond acceptors (Lipinski definition) is 5. The Bertz CT molecular complexity index is 979. The highest BCUT2D eigenvalue weighted by Crippen LogP contribution is 2.39. The van der Waals surface area contributed by atoms with Crippen molar-refractivity contribution in [2.24, 2.45) is 0 Å². The third kappa shape index (κ3) is 4.92. The van der Waals surface area contributed by atoms with Crippen molar-refractivity contribution in [3.63, 3.8) is 0 Å². The van der Waals surface area contributed by atoms with Crippen LogP contribution in [0.4, 0.5) is 0 Å². The molecule has 0 aromatic heterocycles. The predicted molar refractivity (Wildman–Crippen MR) is 125 cm³/mol. The molecule has 168 valence electrons. The van der Waals surface area contributed by atoms with E-state index in [1.807, 2.05) is 30.3 Å². The number of Topliss-reactive ketones (excluding diaryl/α,β-unsaturated/α-hetero) is 1. The largest absolute Gasteiger partial charge is 0.507 e. The molecule has 1 heterocycles. The number of likely N-dealkylation sites (tertiary alicyclic amines) is 1. The standard InChI is InChI=1S/C26H30N2O4/c1-4-18-32-21-14-12-20(13-15-21)24(29)22-23(19-10-8-7-9-11-19)28(26(31)25(22)30)17-16-27(5-2)6-3/h4,7-15,23,29H,1,5-6,16-18H2,2-3H3/t23-/m0/s1. The molecule has 6 nitrogen and oxygen atoms in total. The third-order valence-electron chi connectivity index (χ3n) is 5.70. The number of aliphatic hydroxyl groups is 1. The highest BCUT2D eigenvalue weighted by molar-refractivity contribution is 6.46. The molecule has 0 unspecified atom stereocenters. The molecule has 3 rings (SSSR count). The summed E-state index contributed by atoms with van der Waals surface area (Å²) >= 11 is 0. The minimum atomic E-state index is -0.664. The second-order valence-corrected chi connectivity index (χ2v) is 7.55. The van der Waals surface area contributed by atoms with E-state index in [2.05, 4.69) is 25.3 Å². The van der Waals surface area contributed by atoms with Gasteiger partial charge in [0.1, 0.15) is 18.1 Å². The van der Waals surface area contributed by atoms with E-state index in [9.17, 15) is 14.7 Å². The van der Waals surface area contributed by atoms with Gasteiger partial charge in [-0.1, -0.05) is 56.8 Å². The quantitative estimate of drug-likeness (QED) is 0.265. The van der Waals surface area contributed by atoms with Crippen LogP contribution in [0.5, 0.6) is 5.75 Å². The van der Waals surface area contributed by atoms with Crippen molar-refractivity contribution >= 4 is 17.4 Å². The summed E-state index contributed by atoms with van der Waals surface area (Å²) in [5, 5.41) is 11.1. The predicted octanol–water partition coefficient (Wildman–Crippen LogP) is 4.01. The molecule has 1 saturated heterocycles. The fraction of sp³-hybridized carbons (Fsp3) is 0.308. The first-order valence-corrected chi connectivity index (χ1v) is 10.9. The SMILES string of the molecule is C=CCOc1ccc(C(O)=C2C(=O)C(=O)N(CCN(CC)CC)[C@H]2c2ccccc2)cc1. The molecule has 2 aromatic carbocycles. The minimum Gasteiger partial charge on any atom is -0.507 e.